The smallest absolute Gasteiger partial charge is 0.333 e. The van der Waals surface area contributed by atoms with Gasteiger partial charge in [0.2, 0.25) is 0 Å². The van der Waals surface area contributed by atoms with E-state index in [4.69, 9.17) is 4.74 Å². The van der Waals surface area contributed by atoms with Crippen molar-refractivity contribution in [2.75, 3.05) is 6.61 Å². The molecule has 3 nitrogen and oxygen atoms in total. The Bertz CT molecular complexity index is 397. The average Bonchev–Trinajstić information content (AvgIpc) is 2.76. The highest BCUT2D eigenvalue weighted by Gasteiger charge is 2.44. The van der Waals surface area contributed by atoms with E-state index in [2.05, 4.69) is 6.92 Å². The summed E-state index contributed by atoms with van der Waals surface area (Å²) in [6, 6.07) is 0. The van der Waals surface area contributed by atoms with Crippen molar-refractivity contribution < 1.29 is 14.3 Å². The van der Waals surface area contributed by atoms with Crippen LogP contribution in [0.5, 0.6) is 0 Å². The molecule has 4 atom stereocenters. The SMILES string of the molecule is CCOC(=O)/C(C)=C/[C@@H]1CC[C@@H](C)C2CCC(=O)[C@@H]21. The summed E-state index contributed by atoms with van der Waals surface area (Å²) in [6.07, 6.45) is 5.93. The molecule has 2 fully saturated rings. The second kappa shape index (κ2) is 5.89. The van der Waals surface area contributed by atoms with Gasteiger partial charge in [-0.3, -0.25) is 4.79 Å². The van der Waals surface area contributed by atoms with Crippen LogP contribution in [0.1, 0.15) is 46.5 Å². The van der Waals surface area contributed by atoms with E-state index in [9.17, 15) is 9.59 Å². The van der Waals surface area contributed by atoms with Crippen LogP contribution >= 0.6 is 0 Å². The Labute approximate surface area is 115 Å². The molecule has 0 aromatic carbocycles. The topological polar surface area (TPSA) is 43.4 Å². The molecule has 2 aliphatic rings. The van der Waals surface area contributed by atoms with Crippen molar-refractivity contribution in [1.29, 1.82) is 0 Å². The van der Waals surface area contributed by atoms with Gasteiger partial charge in [-0.2, -0.15) is 0 Å². The monoisotopic (exact) mass is 264 g/mol. The Hall–Kier alpha value is -1.12. The van der Waals surface area contributed by atoms with E-state index in [1.807, 2.05) is 13.0 Å². The van der Waals surface area contributed by atoms with Crippen molar-refractivity contribution in [3.8, 4) is 0 Å². The molecule has 0 amide bonds. The fraction of sp³-hybridized carbons (Fsp3) is 0.750. The molecule has 0 aliphatic heterocycles. The largest absolute Gasteiger partial charge is 0.463 e. The number of Topliss-reactive ketones (excluding diaryl/α,β-unsaturated/α-hetero) is 1. The number of fused-ring (bicyclic) bond motifs is 1. The number of esters is 1. The maximum Gasteiger partial charge on any atom is 0.333 e. The third kappa shape index (κ3) is 2.90. The lowest BCUT2D eigenvalue weighted by molar-refractivity contribution is -0.138. The Morgan fingerprint density at radius 1 is 1.37 bits per heavy atom. The van der Waals surface area contributed by atoms with Crippen LogP contribution in [-0.4, -0.2) is 18.4 Å². The number of ether oxygens (including phenoxy) is 1. The van der Waals surface area contributed by atoms with E-state index in [1.165, 1.54) is 0 Å². The number of rotatable bonds is 3. The lowest BCUT2D eigenvalue weighted by Gasteiger charge is -2.36. The minimum absolute atomic E-state index is 0.146. The molecule has 0 saturated heterocycles. The van der Waals surface area contributed by atoms with Gasteiger partial charge in [0, 0.05) is 17.9 Å². The number of carbonyl (C=O) groups excluding carboxylic acids is 2. The fourth-order valence-corrected chi connectivity index (χ4v) is 3.76. The Balaban J connectivity index is 2.13. The summed E-state index contributed by atoms with van der Waals surface area (Å²) in [5, 5.41) is 0. The second-order valence-electron chi connectivity index (χ2n) is 5.98. The quantitative estimate of drug-likeness (QED) is 0.581. The highest BCUT2D eigenvalue weighted by Crippen LogP contribution is 2.47. The van der Waals surface area contributed by atoms with Gasteiger partial charge >= 0.3 is 5.97 Å². The molecule has 0 spiro atoms. The summed E-state index contributed by atoms with van der Waals surface area (Å²) in [5.41, 5.74) is 0.653. The molecule has 106 valence electrons. The van der Waals surface area contributed by atoms with Crippen LogP contribution in [0.25, 0.3) is 0 Å². The van der Waals surface area contributed by atoms with Gasteiger partial charge in [-0.05, 0) is 50.9 Å². The van der Waals surface area contributed by atoms with E-state index in [-0.39, 0.29) is 17.8 Å². The van der Waals surface area contributed by atoms with Crippen molar-refractivity contribution in [1.82, 2.24) is 0 Å². The molecule has 0 N–H and O–H groups in total. The van der Waals surface area contributed by atoms with Gasteiger partial charge in [-0.15, -0.1) is 0 Å². The highest BCUT2D eigenvalue weighted by atomic mass is 16.5. The average molecular weight is 264 g/mol. The van der Waals surface area contributed by atoms with Gasteiger partial charge in [0.15, 0.2) is 0 Å². The molecule has 1 unspecified atom stereocenters. The van der Waals surface area contributed by atoms with E-state index in [0.29, 0.717) is 29.8 Å². The number of allylic oxidation sites excluding steroid dienone is 1. The van der Waals surface area contributed by atoms with E-state index >= 15 is 0 Å². The van der Waals surface area contributed by atoms with Crippen molar-refractivity contribution in [2.45, 2.75) is 46.5 Å². The lowest BCUT2D eigenvalue weighted by Crippen LogP contribution is -2.32. The summed E-state index contributed by atoms with van der Waals surface area (Å²) in [6.45, 7) is 6.26. The molecule has 0 aromatic rings. The number of hydrogen-bond acceptors (Lipinski definition) is 3. The molecular formula is C16H24O3. The minimum Gasteiger partial charge on any atom is -0.463 e. The molecule has 0 bridgehead atoms. The van der Waals surface area contributed by atoms with Gasteiger partial charge < -0.3 is 4.74 Å². The summed E-state index contributed by atoms with van der Waals surface area (Å²) in [4.78, 5) is 23.8. The zero-order chi connectivity index (χ0) is 14.0. The molecule has 2 rings (SSSR count). The van der Waals surface area contributed by atoms with Gasteiger partial charge in [-0.25, -0.2) is 4.79 Å². The van der Waals surface area contributed by atoms with Crippen molar-refractivity contribution in [3.05, 3.63) is 11.6 Å². The maximum absolute atomic E-state index is 12.1. The third-order valence-electron chi connectivity index (χ3n) is 4.77. The molecule has 3 heteroatoms. The van der Waals surface area contributed by atoms with Crippen LogP contribution in [0, 0.1) is 23.7 Å². The fourth-order valence-electron chi connectivity index (χ4n) is 3.76. The van der Waals surface area contributed by atoms with Crippen LogP contribution in [-0.2, 0) is 14.3 Å². The first-order valence-corrected chi connectivity index (χ1v) is 7.42. The van der Waals surface area contributed by atoms with Crippen LogP contribution < -0.4 is 0 Å². The van der Waals surface area contributed by atoms with Crippen LogP contribution in [0.15, 0.2) is 11.6 Å². The zero-order valence-electron chi connectivity index (χ0n) is 12.1. The minimum atomic E-state index is -0.247. The maximum atomic E-state index is 12.1. The second-order valence-corrected chi connectivity index (χ2v) is 5.98. The van der Waals surface area contributed by atoms with Crippen LogP contribution in [0.3, 0.4) is 0 Å². The highest BCUT2D eigenvalue weighted by molar-refractivity contribution is 5.88. The standard InChI is InChI=1S/C16H24O3/c1-4-19-16(18)11(3)9-12-6-5-10(2)13-7-8-14(17)15(12)13/h9-10,12-13,15H,4-8H2,1-3H3/b11-9+/t10-,12+,13?,15-/m1/s1. The van der Waals surface area contributed by atoms with E-state index in [0.717, 1.165) is 25.7 Å². The zero-order valence-corrected chi connectivity index (χ0v) is 12.1. The molecule has 0 aromatic heterocycles. The summed E-state index contributed by atoms with van der Waals surface area (Å²) in [5.74, 6) is 1.70. The van der Waals surface area contributed by atoms with E-state index in [1.54, 1.807) is 6.92 Å². The third-order valence-corrected chi connectivity index (χ3v) is 4.77. The van der Waals surface area contributed by atoms with Crippen molar-refractivity contribution in [2.24, 2.45) is 23.7 Å². The first-order valence-electron chi connectivity index (χ1n) is 7.42. The summed E-state index contributed by atoms with van der Waals surface area (Å²) >= 11 is 0. The van der Waals surface area contributed by atoms with Gasteiger partial charge in [-0.1, -0.05) is 13.0 Å². The van der Waals surface area contributed by atoms with Gasteiger partial charge in [0.1, 0.15) is 5.78 Å². The van der Waals surface area contributed by atoms with Gasteiger partial charge in [0.25, 0.3) is 0 Å². The Kier molecular flexibility index (Phi) is 4.43. The molecule has 0 radical (unpaired) electrons. The molecule has 0 heterocycles. The van der Waals surface area contributed by atoms with Crippen LogP contribution in [0.4, 0.5) is 0 Å². The Morgan fingerprint density at radius 3 is 2.79 bits per heavy atom. The molecule has 2 saturated carbocycles. The van der Waals surface area contributed by atoms with Crippen LogP contribution in [0.2, 0.25) is 0 Å². The van der Waals surface area contributed by atoms with Gasteiger partial charge in [0.05, 0.1) is 6.61 Å². The van der Waals surface area contributed by atoms with Crippen molar-refractivity contribution in [3.63, 3.8) is 0 Å². The predicted octanol–water partition coefficient (Wildman–Crippen LogP) is 3.14. The number of carbonyl (C=O) groups is 2. The lowest BCUT2D eigenvalue weighted by atomic mass is 9.68. The summed E-state index contributed by atoms with van der Waals surface area (Å²) in [7, 11) is 0. The van der Waals surface area contributed by atoms with Crippen molar-refractivity contribution >= 4 is 11.8 Å². The molecular weight excluding hydrogens is 240 g/mol. The molecule has 2 aliphatic carbocycles. The normalized spacial score (nSPS) is 35.1. The first-order chi connectivity index (χ1) is 9.04. The predicted molar refractivity (Wildman–Crippen MR) is 73.5 cm³/mol. The number of ketones is 1. The number of hydrogen-bond donors (Lipinski definition) is 0. The molecule has 19 heavy (non-hydrogen) atoms. The Morgan fingerprint density at radius 2 is 2.11 bits per heavy atom. The summed E-state index contributed by atoms with van der Waals surface area (Å²) < 4.78 is 5.01. The first kappa shape index (κ1) is 14.3. The van der Waals surface area contributed by atoms with E-state index < -0.39 is 0 Å².